The van der Waals surface area contributed by atoms with Crippen molar-refractivity contribution in [2.24, 2.45) is 0 Å². The number of benzene rings is 1. The average Bonchev–Trinajstić information content (AvgIpc) is 3.03. The van der Waals surface area contributed by atoms with Crippen LogP contribution in [0.1, 0.15) is 12.5 Å². The Balaban J connectivity index is 2.28. The number of hydrogen-bond donors (Lipinski definition) is 1. The first-order chi connectivity index (χ1) is 11.0. The molecule has 118 valence electrons. The minimum Gasteiger partial charge on any atom is -0.479 e. The van der Waals surface area contributed by atoms with Crippen molar-refractivity contribution in [3.63, 3.8) is 0 Å². The molecule has 0 aliphatic carbocycles. The number of aryl methyl sites for hydroxylation is 1. The normalized spacial score (nSPS) is 12.3. The van der Waals surface area contributed by atoms with Gasteiger partial charge in [0.1, 0.15) is 5.58 Å². The summed E-state index contributed by atoms with van der Waals surface area (Å²) in [7, 11) is 0. The highest BCUT2D eigenvalue weighted by Gasteiger charge is 2.23. The molecule has 0 aliphatic rings. The van der Waals surface area contributed by atoms with Crippen molar-refractivity contribution in [2.45, 2.75) is 20.0 Å². The molecule has 3 aromatic rings. The highest BCUT2D eigenvalue weighted by Crippen LogP contribution is 2.32. The second-order valence-corrected chi connectivity index (χ2v) is 5.16. The van der Waals surface area contributed by atoms with Crippen LogP contribution in [0.4, 0.5) is 0 Å². The van der Waals surface area contributed by atoms with Gasteiger partial charge in [0.25, 0.3) is 0 Å². The van der Waals surface area contributed by atoms with E-state index in [4.69, 9.17) is 18.7 Å². The van der Waals surface area contributed by atoms with Gasteiger partial charge >= 0.3 is 5.97 Å². The van der Waals surface area contributed by atoms with Crippen LogP contribution in [0.25, 0.3) is 22.5 Å². The Morgan fingerprint density at radius 1 is 1.30 bits per heavy atom. The first-order valence-electron chi connectivity index (χ1n) is 6.98. The fourth-order valence-electron chi connectivity index (χ4n) is 2.19. The van der Waals surface area contributed by atoms with E-state index in [0.717, 1.165) is 5.56 Å². The fourth-order valence-corrected chi connectivity index (χ4v) is 2.19. The third-order valence-electron chi connectivity index (χ3n) is 3.39. The summed E-state index contributed by atoms with van der Waals surface area (Å²) in [6.07, 6.45) is 0.231. The Morgan fingerprint density at radius 3 is 2.74 bits per heavy atom. The lowest BCUT2D eigenvalue weighted by Gasteiger charge is -2.13. The number of rotatable bonds is 4. The number of carboxylic acids is 1. The van der Waals surface area contributed by atoms with Gasteiger partial charge in [-0.05, 0) is 43.7 Å². The van der Waals surface area contributed by atoms with E-state index >= 15 is 0 Å². The zero-order valence-corrected chi connectivity index (χ0v) is 12.5. The molecule has 0 amide bonds. The molecule has 0 aliphatic heterocycles. The van der Waals surface area contributed by atoms with Gasteiger partial charge in [-0.2, -0.15) is 0 Å². The van der Waals surface area contributed by atoms with Crippen molar-refractivity contribution in [1.82, 2.24) is 0 Å². The van der Waals surface area contributed by atoms with Crippen LogP contribution in [0.3, 0.4) is 0 Å². The quantitative estimate of drug-likeness (QED) is 0.795. The van der Waals surface area contributed by atoms with E-state index in [9.17, 15) is 9.59 Å². The second kappa shape index (κ2) is 5.64. The summed E-state index contributed by atoms with van der Waals surface area (Å²) in [5, 5.41) is 9.34. The molecule has 0 radical (unpaired) electrons. The molecule has 6 nitrogen and oxygen atoms in total. The highest BCUT2D eigenvalue weighted by molar-refractivity contribution is 5.82. The van der Waals surface area contributed by atoms with E-state index in [1.165, 1.54) is 13.2 Å². The fraction of sp³-hybridized carbons (Fsp3) is 0.176. The second-order valence-electron chi connectivity index (χ2n) is 5.16. The van der Waals surface area contributed by atoms with Crippen LogP contribution < -0.4 is 10.2 Å². The largest absolute Gasteiger partial charge is 0.479 e. The van der Waals surface area contributed by atoms with Crippen molar-refractivity contribution in [1.29, 1.82) is 0 Å². The van der Waals surface area contributed by atoms with E-state index in [1.54, 1.807) is 30.3 Å². The van der Waals surface area contributed by atoms with E-state index in [0.29, 0.717) is 11.0 Å². The molecule has 1 atom stereocenters. The third-order valence-corrected chi connectivity index (χ3v) is 3.39. The molecule has 6 heteroatoms. The maximum absolute atomic E-state index is 12.7. The van der Waals surface area contributed by atoms with Crippen molar-refractivity contribution < 1.29 is 23.5 Å². The molecular weight excluding hydrogens is 300 g/mol. The van der Waals surface area contributed by atoms with Crippen molar-refractivity contribution in [2.75, 3.05) is 0 Å². The Bertz CT molecular complexity index is 920. The monoisotopic (exact) mass is 314 g/mol. The number of aliphatic carboxylic acids is 1. The topological polar surface area (TPSA) is 89.9 Å². The minimum atomic E-state index is -1.20. The summed E-state index contributed by atoms with van der Waals surface area (Å²) in [4.78, 5) is 23.7. The molecule has 0 saturated carbocycles. The van der Waals surface area contributed by atoms with E-state index in [2.05, 4.69) is 0 Å². The van der Waals surface area contributed by atoms with Crippen LogP contribution in [-0.2, 0) is 4.79 Å². The van der Waals surface area contributed by atoms with Crippen molar-refractivity contribution >= 4 is 16.9 Å². The van der Waals surface area contributed by atoms with Crippen LogP contribution in [0.5, 0.6) is 5.75 Å². The van der Waals surface area contributed by atoms with Crippen LogP contribution in [-0.4, -0.2) is 17.2 Å². The summed E-state index contributed by atoms with van der Waals surface area (Å²) < 4.78 is 16.4. The molecule has 3 rings (SSSR count). The summed E-state index contributed by atoms with van der Waals surface area (Å²) in [6, 6.07) is 8.38. The smallest absolute Gasteiger partial charge is 0.344 e. The minimum absolute atomic E-state index is 0.0752. The van der Waals surface area contributed by atoms with Crippen LogP contribution in [0.15, 0.2) is 50.2 Å². The van der Waals surface area contributed by atoms with Crippen LogP contribution in [0, 0.1) is 6.92 Å². The van der Waals surface area contributed by atoms with Gasteiger partial charge < -0.3 is 18.7 Å². The number of fused-ring (bicyclic) bond motifs is 1. The van der Waals surface area contributed by atoms with Gasteiger partial charge in [-0.15, -0.1) is 0 Å². The van der Waals surface area contributed by atoms with Crippen molar-refractivity contribution in [3.05, 3.63) is 52.4 Å². The molecule has 2 aromatic heterocycles. The Kier molecular flexibility index (Phi) is 3.65. The lowest BCUT2D eigenvalue weighted by atomic mass is 10.1. The van der Waals surface area contributed by atoms with Gasteiger partial charge in [0.05, 0.1) is 11.6 Å². The number of carboxylic acid groups (broad SMARTS) is 1. The molecule has 0 fully saturated rings. The lowest BCUT2D eigenvalue weighted by Crippen LogP contribution is -2.26. The number of hydrogen-bond acceptors (Lipinski definition) is 5. The van der Waals surface area contributed by atoms with Crippen molar-refractivity contribution in [3.8, 4) is 17.3 Å². The molecule has 0 saturated heterocycles. The predicted molar refractivity (Wildman–Crippen MR) is 82.6 cm³/mol. The van der Waals surface area contributed by atoms with Gasteiger partial charge in [-0.1, -0.05) is 6.07 Å². The summed E-state index contributed by atoms with van der Waals surface area (Å²) in [5.74, 6) is -0.991. The average molecular weight is 314 g/mol. The zero-order chi connectivity index (χ0) is 16.6. The SMILES string of the molecule is Cc1ccc2c(=O)c(O[C@H](C)C(=O)O)c(-c3ccco3)oc2c1. The highest BCUT2D eigenvalue weighted by atomic mass is 16.5. The molecule has 1 N–H and O–H groups in total. The van der Waals surface area contributed by atoms with Gasteiger partial charge in [0.15, 0.2) is 11.9 Å². The van der Waals surface area contributed by atoms with Crippen LogP contribution >= 0.6 is 0 Å². The first-order valence-corrected chi connectivity index (χ1v) is 6.98. The Morgan fingerprint density at radius 2 is 2.09 bits per heavy atom. The molecule has 1 aromatic carbocycles. The lowest BCUT2D eigenvalue weighted by molar-refractivity contribution is -0.144. The summed E-state index contributed by atoms with van der Waals surface area (Å²) in [5.41, 5.74) is 0.876. The van der Waals surface area contributed by atoms with E-state index in [1.807, 2.05) is 6.92 Å². The molecule has 0 bridgehead atoms. The Hall–Kier alpha value is -3.02. The molecular formula is C17H14O6. The maximum Gasteiger partial charge on any atom is 0.344 e. The van der Waals surface area contributed by atoms with E-state index < -0.39 is 17.5 Å². The molecule has 23 heavy (non-hydrogen) atoms. The third kappa shape index (κ3) is 2.70. The van der Waals surface area contributed by atoms with Gasteiger partial charge in [0.2, 0.25) is 16.9 Å². The number of ether oxygens (including phenoxy) is 1. The zero-order valence-electron chi connectivity index (χ0n) is 12.5. The first kappa shape index (κ1) is 14.9. The predicted octanol–water partition coefficient (Wildman–Crippen LogP) is 3.21. The van der Waals surface area contributed by atoms with Gasteiger partial charge in [-0.25, -0.2) is 4.79 Å². The molecule has 0 unspecified atom stereocenters. The van der Waals surface area contributed by atoms with Gasteiger partial charge in [-0.3, -0.25) is 4.79 Å². The van der Waals surface area contributed by atoms with Gasteiger partial charge in [0, 0.05) is 0 Å². The maximum atomic E-state index is 12.7. The molecule has 2 heterocycles. The van der Waals surface area contributed by atoms with E-state index in [-0.39, 0.29) is 17.3 Å². The standard InChI is InChI=1S/C17H14O6/c1-9-5-6-11-13(8-9)23-15(12-4-3-7-21-12)16(14(11)18)22-10(2)17(19)20/h3-8,10H,1-2H3,(H,19,20)/t10-/m1/s1. The number of carbonyl (C=O) groups is 1. The van der Waals surface area contributed by atoms with Crippen LogP contribution in [0.2, 0.25) is 0 Å². The summed E-state index contributed by atoms with van der Waals surface area (Å²) >= 11 is 0. The summed E-state index contributed by atoms with van der Waals surface area (Å²) in [6.45, 7) is 3.22. The Labute approximate surface area is 130 Å². The molecule has 0 spiro atoms. The number of furan rings is 1.